The highest BCUT2D eigenvalue weighted by atomic mass is 19.1. The molecule has 1 saturated heterocycles. The van der Waals surface area contributed by atoms with E-state index in [-0.39, 0.29) is 46.8 Å². The zero-order chi connectivity index (χ0) is 49.6. The summed E-state index contributed by atoms with van der Waals surface area (Å²) in [6, 6.07) is 14.2. The lowest BCUT2D eigenvalue weighted by molar-refractivity contribution is -0.0592. The Kier molecular flexibility index (Phi) is 10.1. The third-order valence-corrected chi connectivity index (χ3v) is 16.4. The number of nitrogens with zero attached hydrogens (tertiary/aromatic N) is 9. The van der Waals surface area contributed by atoms with Crippen LogP contribution in [0, 0.1) is 31.4 Å². The van der Waals surface area contributed by atoms with Crippen LogP contribution in [0.15, 0.2) is 81.2 Å². The first-order chi connectivity index (χ1) is 33.9. The third kappa shape index (κ3) is 6.80. The van der Waals surface area contributed by atoms with Crippen LogP contribution < -0.4 is 11.4 Å². The van der Waals surface area contributed by atoms with E-state index in [1.807, 2.05) is 22.5 Å². The highest BCUT2D eigenvalue weighted by Gasteiger charge is 2.60. The molecule has 4 aliphatic rings. The van der Waals surface area contributed by atoms with E-state index in [1.165, 1.54) is 21.5 Å². The molecule has 3 aromatic carbocycles. The number of benzene rings is 3. The van der Waals surface area contributed by atoms with E-state index in [4.69, 9.17) is 14.4 Å². The first-order valence-electron chi connectivity index (χ1n) is 24.6. The molecule has 0 bridgehead atoms. The minimum atomic E-state index is -0.906. The van der Waals surface area contributed by atoms with E-state index >= 15 is 18.4 Å². The van der Waals surface area contributed by atoms with Crippen molar-refractivity contribution in [3.05, 3.63) is 139 Å². The second kappa shape index (κ2) is 15.8. The second-order valence-electron chi connectivity index (χ2n) is 21.4. The lowest BCUT2D eigenvalue weighted by atomic mass is 9.67. The number of ether oxygens (including phenoxy) is 1. The van der Waals surface area contributed by atoms with Gasteiger partial charge in [0.25, 0.3) is 5.91 Å². The van der Waals surface area contributed by atoms with Crippen molar-refractivity contribution in [1.82, 2.24) is 48.3 Å². The molecule has 18 heteroatoms. The number of aromatic nitrogens is 9. The molecule has 0 radical (unpaired) electrons. The van der Waals surface area contributed by atoms with E-state index in [0.29, 0.717) is 89.6 Å². The predicted molar refractivity (Wildman–Crippen MR) is 260 cm³/mol. The lowest BCUT2D eigenvalue weighted by Crippen LogP contribution is -2.52. The average Bonchev–Trinajstić information content (AvgIpc) is 3.98. The van der Waals surface area contributed by atoms with Gasteiger partial charge in [0.05, 0.1) is 51.9 Å². The largest absolute Gasteiger partial charge is 0.438 e. The van der Waals surface area contributed by atoms with Crippen molar-refractivity contribution in [3.8, 4) is 17.2 Å². The number of aromatic amines is 1. The van der Waals surface area contributed by atoms with Gasteiger partial charge in [0, 0.05) is 54.5 Å². The van der Waals surface area contributed by atoms with E-state index < -0.39 is 40.4 Å². The van der Waals surface area contributed by atoms with Gasteiger partial charge in [-0.15, -0.1) is 0 Å². The Morgan fingerprint density at radius 1 is 0.915 bits per heavy atom. The summed E-state index contributed by atoms with van der Waals surface area (Å²) >= 11 is 0. The number of hydrogen-bond acceptors (Lipinski definition) is 9. The number of hydrogen-bond donors (Lipinski definition) is 2. The Balaban J connectivity index is 1.07. The summed E-state index contributed by atoms with van der Waals surface area (Å²) < 4.78 is 50.9. The van der Waals surface area contributed by atoms with Gasteiger partial charge in [-0.1, -0.05) is 18.1 Å². The highest BCUT2D eigenvalue weighted by Crippen LogP contribution is 2.57. The number of imidazole rings is 1. The van der Waals surface area contributed by atoms with E-state index in [9.17, 15) is 9.90 Å². The Morgan fingerprint density at radius 2 is 1.63 bits per heavy atom. The fourth-order valence-corrected chi connectivity index (χ4v) is 12.5. The number of nitrogens with one attached hydrogen (secondary N) is 1. The van der Waals surface area contributed by atoms with Crippen molar-refractivity contribution in [3.63, 3.8) is 0 Å². The van der Waals surface area contributed by atoms with E-state index in [2.05, 4.69) is 54.2 Å². The van der Waals surface area contributed by atoms with Crippen molar-refractivity contribution in [2.45, 2.75) is 121 Å². The van der Waals surface area contributed by atoms with Crippen molar-refractivity contribution < 1.29 is 27.9 Å². The zero-order valence-electron chi connectivity index (χ0n) is 40.8. The van der Waals surface area contributed by atoms with Crippen molar-refractivity contribution in [1.29, 1.82) is 0 Å². The molecule has 4 atom stereocenters. The third-order valence-electron chi connectivity index (χ3n) is 16.4. The van der Waals surface area contributed by atoms with Crippen molar-refractivity contribution in [2.75, 3.05) is 13.2 Å². The number of amides is 1. The van der Waals surface area contributed by atoms with E-state index in [0.717, 1.165) is 29.3 Å². The first-order valence-corrected chi connectivity index (χ1v) is 24.6. The van der Waals surface area contributed by atoms with E-state index in [1.54, 1.807) is 60.7 Å². The highest BCUT2D eigenvalue weighted by molar-refractivity contribution is 6.00. The Hall–Kier alpha value is -6.92. The van der Waals surface area contributed by atoms with Gasteiger partial charge >= 0.3 is 11.4 Å². The number of rotatable bonds is 7. The first kappa shape index (κ1) is 45.2. The molecular weight excluding hydrogens is 911 g/mol. The number of aliphatic hydroxyl groups excluding tert-OH is 1. The number of aryl methyl sites for hydroxylation is 3. The summed E-state index contributed by atoms with van der Waals surface area (Å²) in [6.45, 7) is 12.4. The molecule has 368 valence electrons. The lowest BCUT2D eigenvalue weighted by Gasteiger charge is -2.47. The number of H-pyrrole nitrogens is 1. The average molecular weight is 967 g/mol. The van der Waals surface area contributed by atoms with Gasteiger partial charge < -0.3 is 19.3 Å². The Bertz CT molecular complexity index is 3590. The van der Waals surface area contributed by atoms with Crippen LogP contribution in [-0.2, 0) is 22.7 Å². The number of carbonyl (C=O) groups is 1. The summed E-state index contributed by atoms with van der Waals surface area (Å²) in [5.74, 6) is -1.09. The molecule has 0 unspecified atom stereocenters. The SMILES string of the molecule is Cc1cc(-n2nc3c(c2-n2ccn(-c4ccc5c(cnn5C)c4F)c2=O)[C@H](C)N(C(=O)c2cc4cc([C@H]5CCOC(C)(C)C5)ccc4n2[C@@]2(c4noc(=O)[nH]4)C[C@@H]2C)CC32CCC(O)CC2)cc(C)c1F. The van der Waals surface area contributed by atoms with Crippen LogP contribution in [0.4, 0.5) is 8.78 Å². The minimum absolute atomic E-state index is 0.0263. The molecule has 2 N–H and O–H groups in total. The quantitative estimate of drug-likeness (QED) is 0.160. The van der Waals surface area contributed by atoms with Gasteiger partial charge in [0.15, 0.2) is 11.6 Å². The zero-order valence-corrected chi connectivity index (χ0v) is 40.8. The summed E-state index contributed by atoms with van der Waals surface area (Å²) in [5, 5.41) is 26.0. The molecule has 2 aliphatic carbocycles. The van der Waals surface area contributed by atoms with Crippen molar-refractivity contribution >= 4 is 27.7 Å². The fraction of sp³-hybridized carbons (Fsp3) is 0.434. The van der Waals surface area contributed by atoms with Crippen LogP contribution in [0.1, 0.15) is 129 Å². The molecule has 2 saturated carbocycles. The molecule has 7 heterocycles. The van der Waals surface area contributed by atoms with Crippen LogP contribution in [0.5, 0.6) is 0 Å². The fourth-order valence-electron chi connectivity index (χ4n) is 12.5. The number of carbonyl (C=O) groups excluding carboxylic acids is 1. The second-order valence-corrected chi connectivity index (χ2v) is 21.4. The molecule has 5 aromatic heterocycles. The van der Waals surface area contributed by atoms with Gasteiger partial charge in [-0.2, -0.15) is 10.2 Å². The predicted octanol–water partition coefficient (Wildman–Crippen LogP) is 8.07. The molecule has 16 nitrogen and oxygen atoms in total. The van der Waals surface area contributed by atoms with Crippen LogP contribution in [0.25, 0.3) is 39.0 Å². The molecule has 3 fully saturated rings. The number of halogens is 2. The van der Waals surface area contributed by atoms with Crippen LogP contribution in [0.3, 0.4) is 0 Å². The summed E-state index contributed by atoms with van der Waals surface area (Å²) in [7, 11) is 1.72. The minimum Gasteiger partial charge on any atom is -0.393 e. The van der Waals surface area contributed by atoms with Gasteiger partial charge in [0.2, 0.25) is 0 Å². The maximum atomic E-state index is 16.4. The summed E-state index contributed by atoms with van der Waals surface area (Å²) in [6.07, 6.45) is 8.10. The molecule has 12 rings (SSSR count). The number of fused-ring (bicyclic) bond motifs is 4. The van der Waals surface area contributed by atoms with Gasteiger partial charge in [-0.25, -0.2) is 23.1 Å². The summed E-state index contributed by atoms with van der Waals surface area (Å²) in [4.78, 5) is 48.5. The standard InChI is InChI=1S/C53H56F2N10O6/c1-28-20-35(21-29(2)43(28)54)65-46(62-18-17-61(50(62)69)40-11-10-39-37(44(40)55)26-56-60(39)7)42-31(4)63(27-52(45(42)58-65)15-12-36(66)13-16-52)47(67)41-23-34-22-32(33-14-19-70-51(5,6)25-33)8-9-38(34)64(41)53(24-30(53)3)48-57-49(68)71-59-48/h8-11,17-18,20-23,26,30-31,33,36,66H,12-16,19,24-25,27H2,1-7H3,(H,57,59,68)/t30-,31-,33-,36?,52?,53-/m0/s1. The molecule has 8 aromatic rings. The molecular formula is C53H56F2N10O6. The van der Waals surface area contributed by atoms with Crippen LogP contribution in [-0.4, -0.2) is 84.2 Å². The van der Waals surface area contributed by atoms with Gasteiger partial charge in [0.1, 0.15) is 22.9 Å². The maximum Gasteiger partial charge on any atom is 0.438 e. The molecule has 71 heavy (non-hydrogen) atoms. The smallest absolute Gasteiger partial charge is 0.393 e. The van der Waals surface area contributed by atoms with Gasteiger partial charge in [-0.05, 0) is 151 Å². The van der Waals surface area contributed by atoms with Crippen molar-refractivity contribution in [2.24, 2.45) is 13.0 Å². The van der Waals surface area contributed by atoms with Gasteiger partial charge in [-0.3, -0.25) is 28.1 Å². The number of aliphatic hydroxyl groups is 1. The topological polar surface area (TPSA) is 176 Å². The molecule has 2 aliphatic heterocycles. The monoisotopic (exact) mass is 966 g/mol. The Morgan fingerprint density at radius 3 is 2.32 bits per heavy atom. The summed E-state index contributed by atoms with van der Waals surface area (Å²) in [5.41, 5.74) is 2.90. The molecule has 1 spiro atoms. The normalized spacial score (nSPS) is 25.1. The molecule has 1 amide bonds. The maximum absolute atomic E-state index is 16.4. The van der Waals surface area contributed by atoms with Crippen LogP contribution in [0.2, 0.25) is 0 Å². The van der Waals surface area contributed by atoms with Crippen LogP contribution >= 0.6 is 0 Å². The Labute approximate surface area is 406 Å².